The molecule has 94 valence electrons. The molecule has 0 aromatic carbocycles. The Labute approximate surface area is 99.7 Å². The Morgan fingerprint density at radius 1 is 1.28 bits per heavy atom. The van der Waals surface area contributed by atoms with Crippen LogP contribution in [0.5, 0.6) is 0 Å². The molecule has 2 N–H and O–H groups in total. The number of hydrogen-bond acceptors (Lipinski definition) is 4. The van der Waals surface area contributed by atoms with E-state index in [-0.39, 0.29) is 11.3 Å². The summed E-state index contributed by atoms with van der Waals surface area (Å²) in [6.45, 7) is 0. The zero-order chi connectivity index (χ0) is 13.3. The molecular formula is C9H7BF3N3O2. The maximum Gasteiger partial charge on any atom is 0.491 e. The molecule has 2 heterocycles. The van der Waals surface area contributed by atoms with Gasteiger partial charge in [0.05, 0.1) is 5.56 Å². The summed E-state index contributed by atoms with van der Waals surface area (Å²) in [5, 5.41) is 21.4. The number of pyridine rings is 1. The molecule has 0 atom stereocenters. The van der Waals surface area contributed by atoms with E-state index < -0.39 is 18.9 Å². The second kappa shape index (κ2) is 4.43. The van der Waals surface area contributed by atoms with Crippen LogP contribution in [0.4, 0.5) is 13.2 Å². The quantitative estimate of drug-likeness (QED) is 0.741. The van der Waals surface area contributed by atoms with Crippen LogP contribution in [0.25, 0.3) is 5.82 Å². The van der Waals surface area contributed by atoms with Crippen molar-refractivity contribution >= 4 is 12.6 Å². The minimum absolute atomic E-state index is 0.0586. The Hall–Kier alpha value is -1.87. The summed E-state index contributed by atoms with van der Waals surface area (Å²) in [7, 11) is -1.73. The molecule has 9 heteroatoms. The van der Waals surface area contributed by atoms with Crippen LogP contribution in [0, 0.1) is 0 Å². The van der Waals surface area contributed by atoms with Crippen LogP contribution in [0.3, 0.4) is 0 Å². The van der Waals surface area contributed by atoms with Gasteiger partial charge in [0.25, 0.3) is 0 Å². The molecule has 2 aromatic rings. The zero-order valence-electron chi connectivity index (χ0n) is 8.83. The maximum absolute atomic E-state index is 12.5. The standard InChI is InChI=1S/C9H7BF3N3O2/c11-9(12,13)6-1-2-14-8(3-6)16-5-7(4-15-16)10(17)18/h1-5,17-18H. The fourth-order valence-electron chi connectivity index (χ4n) is 1.32. The lowest BCUT2D eigenvalue weighted by molar-refractivity contribution is -0.137. The second-order valence-corrected chi connectivity index (χ2v) is 3.49. The summed E-state index contributed by atoms with van der Waals surface area (Å²) in [5.74, 6) is -0.0586. The molecule has 5 nitrogen and oxygen atoms in total. The van der Waals surface area contributed by atoms with Gasteiger partial charge in [-0.05, 0) is 12.1 Å². The minimum atomic E-state index is -4.47. The first-order chi connectivity index (χ1) is 8.38. The largest absolute Gasteiger partial charge is 0.491 e. The van der Waals surface area contributed by atoms with E-state index in [1.54, 1.807) is 0 Å². The van der Waals surface area contributed by atoms with Crippen LogP contribution >= 0.6 is 0 Å². The molecule has 0 radical (unpaired) electrons. The van der Waals surface area contributed by atoms with E-state index in [2.05, 4.69) is 10.1 Å². The fraction of sp³-hybridized carbons (Fsp3) is 0.111. The van der Waals surface area contributed by atoms with Crippen LogP contribution in [0.1, 0.15) is 5.56 Å². The van der Waals surface area contributed by atoms with Gasteiger partial charge in [-0.25, -0.2) is 9.67 Å². The van der Waals surface area contributed by atoms with Crippen molar-refractivity contribution in [3.05, 3.63) is 36.3 Å². The lowest BCUT2D eigenvalue weighted by Crippen LogP contribution is -2.28. The van der Waals surface area contributed by atoms with Gasteiger partial charge in [0.15, 0.2) is 5.82 Å². The molecule has 2 aromatic heterocycles. The summed E-state index contributed by atoms with van der Waals surface area (Å²) < 4.78 is 38.5. The normalized spacial score (nSPS) is 11.6. The van der Waals surface area contributed by atoms with Crippen molar-refractivity contribution < 1.29 is 23.2 Å². The third kappa shape index (κ3) is 2.52. The van der Waals surface area contributed by atoms with Gasteiger partial charge in [-0.15, -0.1) is 0 Å². The Bertz CT molecular complexity index is 556. The average Bonchev–Trinajstić information content (AvgIpc) is 2.77. The first-order valence-corrected chi connectivity index (χ1v) is 4.82. The summed E-state index contributed by atoms with van der Waals surface area (Å²) in [5.41, 5.74) is -0.789. The highest BCUT2D eigenvalue weighted by Gasteiger charge is 2.31. The SMILES string of the molecule is OB(O)c1cnn(-c2cc(C(F)(F)F)ccn2)c1. The Morgan fingerprint density at radius 3 is 2.56 bits per heavy atom. The van der Waals surface area contributed by atoms with E-state index >= 15 is 0 Å². The smallest absolute Gasteiger partial charge is 0.423 e. The van der Waals surface area contributed by atoms with Crippen molar-refractivity contribution in [1.29, 1.82) is 0 Å². The van der Waals surface area contributed by atoms with Crippen molar-refractivity contribution in [3.63, 3.8) is 0 Å². The number of alkyl halides is 3. The summed E-state index contributed by atoms with van der Waals surface area (Å²) in [6, 6.07) is 1.66. The van der Waals surface area contributed by atoms with Gasteiger partial charge in [-0.3, -0.25) is 0 Å². The first kappa shape index (κ1) is 12.6. The van der Waals surface area contributed by atoms with Gasteiger partial charge in [-0.1, -0.05) is 0 Å². The Balaban J connectivity index is 2.38. The number of hydrogen-bond donors (Lipinski definition) is 2. The lowest BCUT2D eigenvalue weighted by atomic mass is 9.83. The topological polar surface area (TPSA) is 71.2 Å². The van der Waals surface area contributed by atoms with Crippen molar-refractivity contribution in [1.82, 2.24) is 14.8 Å². The second-order valence-electron chi connectivity index (χ2n) is 3.49. The van der Waals surface area contributed by atoms with Crippen LogP contribution in [0.15, 0.2) is 30.7 Å². The molecule has 0 fully saturated rings. The van der Waals surface area contributed by atoms with Crippen LogP contribution in [-0.2, 0) is 6.18 Å². The molecule has 2 rings (SSSR count). The summed E-state index contributed by atoms with van der Waals surface area (Å²) in [6.07, 6.45) is -1.14. The molecule has 0 saturated heterocycles. The zero-order valence-corrected chi connectivity index (χ0v) is 8.83. The third-order valence-electron chi connectivity index (χ3n) is 2.21. The van der Waals surface area contributed by atoms with E-state index in [1.165, 1.54) is 6.20 Å². The highest BCUT2D eigenvalue weighted by Crippen LogP contribution is 2.29. The predicted molar refractivity (Wildman–Crippen MR) is 56.2 cm³/mol. The van der Waals surface area contributed by atoms with Gasteiger partial charge in [-0.2, -0.15) is 18.3 Å². The van der Waals surface area contributed by atoms with Crippen molar-refractivity contribution in [2.24, 2.45) is 0 Å². The van der Waals surface area contributed by atoms with E-state index in [1.807, 2.05) is 0 Å². The third-order valence-corrected chi connectivity index (χ3v) is 2.21. The van der Waals surface area contributed by atoms with Gasteiger partial charge >= 0.3 is 13.3 Å². The molecule has 0 amide bonds. The first-order valence-electron chi connectivity index (χ1n) is 4.82. The summed E-state index contributed by atoms with van der Waals surface area (Å²) >= 11 is 0. The molecule has 0 bridgehead atoms. The summed E-state index contributed by atoms with van der Waals surface area (Å²) in [4.78, 5) is 3.73. The van der Waals surface area contributed by atoms with Crippen molar-refractivity contribution in [3.8, 4) is 5.82 Å². The number of rotatable bonds is 2. The number of nitrogens with zero attached hydrogens (tertiary/aromatic N) is 3. The van der Waals surface area contributed by atoms with Crippen LogP contribution in [-0.4, -0.2) is 31.9 Å². The number of halogens is 3. The molecule has 0 aliphatic carbocycles. The minimum Gasteiger partial charge on any atom is -0.423 e. The molecule has 0 unspecified atom stereocenters. The van der Waals surface area contributed by atoms with E-state index in [0.717, 1.165) is 29.2 Å². The molecule has 0 spiro atoms. The van der Waals surface area contributed by atoms with E-state index in [0.29, 0.717) is 0 Å². The monoisotopic (exact) mass is 257 g/mol. The lowest BCUT2D eigenvalue weighted by Gasteiger charge is -2.07. The van der Waals surface area contributed by atoms with Crippen LogP contribution < -0.4 is 5.46 Å². The average molecular weight is 257 g/mol. The van der Waals surface area contributed by atoms with E-state index in [4.69, 9.17) is 10.0 Å². The molecule has 0 aliphatic rings. The van der Waals surface area contributed by atoms with Crippen molar-refractivity contribution in [2.75, 3.05) is 0 Å². The number of aromatic nitrogens is 3. The highest BCUT2D eigenvalue weighted by molar-refractivity contribution is 6.58. The predicted octanol–water partition coefficient (Wildman–Crippen LogP) is -0.0341. The van der Waals surface area contributed by atoms with Crippen LogP contribution in [0.2, 0.25) is 0 Å². The fourth-order valence-corrected chi connectivity index (χ4v) is 1.32. The molecule has 18 heavy (non-hydrogen) atoms. The molecule has 0 aliphatic heterocycles. The van der Waals surface area contributed by atoms with Crippen molar-refractivity contribution in [2.45, 2.75) is 6.18 Å². The van der Waals surface area contributed by atoms with Gasteiger partial charge < -0.3 is 10.0 Å². The van der Waals surface area contributed by atoms with E-state index in [9.17, 15) is 13.2 Å². The van der Waals surface area contributed by atoms with Gasteiger partial charge in [0, 0.05) is 24.1 Å². The highest BCUT2D eigenvalue weighted by atomic mass is 19.4. The molecule has 0 saturated carbocycles. The Morgan fingerprint density at radius 2 is 2.00 bits per heavy atom. The molecular weight excluding hydrogens is 250 g/mol. The van der Waals surface area contributed by atoms with Gasteiger partial charge in [0.2, 0.25) is 0 Å². The maximum atomic E-state index is 12.5. The van der Waals surface area contributed by atoms with Gasteiger partial charge in [0.1, 0.15) is 0 Å². The Kier molecular flexibility index (Phi) is 3.10.